The SMILES string of the molecule is c1cc(-c2c3ccccc3c(-c3ccc4ccccc4c3)c3ccccc23)cc(-c2cc3sc4ccc5ccccc5c4c3c3sc4ccccc4c23)c1. The van der Waals surface area contributed by atoms with Crippen molar-refractivity contribution in [3.05, 3.63) is 182 Å². The van der Waals surface area contributed by atoms with Crippen LogP contribution >= 0.6 is 22.7 Å². The van der Waals surface area contributed by atoms with E-state index >= 15 is 0 Å². The van der Waals surface area contributed by atoms with Gasteiger partial charge in [0.15, 0.2) is 0 Å². The van der Waals surface area contributed by atoms with Gasteiger partial charge in [-0.05, 0) is 107 Å². The first-order chi connectivity index (χ1) is 26.8. The molecule has 0 spiro atoms. The van der Waals surface area contributed by atoms with Crippen molar-refractivity contribution in [3.8, 4) is 33.4 Å². The molecule has 10 aromatic carbocycles. The van der Waals surface area contributed by atoms with Gasteiger partial charge in [0.05, 0.1) is 0 Å². The minimum absolute atomic E-state index is 1.24. The normalized spacial score (nSPS) is 12.1. The molecule has 12 rings (SSSR count). The maximum Gasteiger partial charge on any atom is 0.0455 e. The van der Waals surface area contributed by atoms with Crippen LogP contribution in [0.4, 0.5) is 0 Å². The van der Waals surface area contributed by atoms with Gasteiger partial charge in [-0.3, -0.25) is 0 Å². The molecular formula is C52H30S2. The Hall–Kier alpha value is -6.32. The summed E-state index contributed by atoms with van der Waals surface area (Å²) in [5.41, 5.74) is 7.61. The molecule has 0 nitrogen and oxygen atoms in total. The number of thiophene rings is 2. The van der Waals surface area contributed by atoms with Crippen LogP contribution in [0.3, 0.4) is 0 Å². The summed E-state index contributed by atoms with van der Waals surface area (Å²) < 4.78 is 5.40. The van der Waals surface area contributed by atoms with Crippen molar-refractivity contribution < 1.29 is 0 Å². The highest BCUT2D eigenvalue weighted by molar-refractivity contribution is 7.30. The fourth-order valence-corrected chi connectivity index (χ4v) is 11.6. The molecule has 0 fully saturated rings. The highest BCUT2D eigenvalue weighted by atomic mass is 32.1. The number of hydrogen-bond donors (Lipinski definition) is 0. The average Bonchev–Trinajstić information content (AvgIpc) is 3.81. The number of benzene rings is 10. The molecule has 0 bridgehead atoms. The van der Waals surface area contributed by atoms with Gasteiger partial charge in [0, 0.05) is 40.3 Å². The lowest BCUT2D eigenvalue weighted by molar-refractivity contribution is 1.65. The van der Waals surface area contributed by atoms with Crippen LogP contribution < -0.4 is 0 Å². The minimum atomic E-state index is 1.24. The van der Waals surface area contributed by atoms with Crippen LogP contribution in [0.5, 0.6) is 0 Å². The molecule has 54 heavy (non-hydrogen) atoms. The molecule has 0 N–H and O–H groups in total. The highest BCUT2D eigenvalue weighted by Gasteiger charge is 2.21. The first kappa shape index (κ1) is 30.2. The van der Waals surface area contributed by atoms with Crippen molar-refractivity contribution in [2.24, 2.45) is 0 Å². The summed E-state index contributed by atoms with van der Waals surface area (Å²) in [5, 5.41) is 15.7. The second-order valence-electron chi connectivity index (χ2n) is 14.3. The standard InChI is InChI=1S/C52H30S2/c1-2-14-33-28-36(25-24-31(33)12-1)48-40-20-7-5-18-38(40)47(39-19-6-8-21-41(39)48)35-16-11-15-34(29-35)43-30-46-51(52-49(43)42-22-9-10-23-44(42)54-52)50-37-17-4-3-13-32(37)26-27-45(50)53-46/h1-30H. The van der Waals surface area contributed by atoms with E-state index in [0.717, 1.165) is 0 Å². The van der Waals surface area contributed by atoms with E-state index in [4.69, 9.17) is 0 Å². The number of hydrogen-bond acceptors (Lipinski definition) is 2. The van der Waals surface area contributed by atoms with E-state index in [1.807, 2.05) is 22.7 Å². The van der Waals surface area contributed by atoms with E-state index in [1.165, 1.54) is 117 Å². The van der Waals surface area contributed by atoms with Crippen LogP contribution in [0.1, 0.15) is 0 Å². The number of fused-ring (bicyclic) bond motifs is 12. The van der Waals surface area contributed by atoms with Crippen molar-refractivity contribution in [2.45, 2.75) is 0 Å². The third-order valence-corrected chi connectivity index (χ3v) is 13.7. The fraction of sp³-hybridized carbons (Fsp3) is 0. The zero-order chi connectivity index (χ0) is 35.3. The van der Waals surface area contributed by atoms with E-state index in [0.29, 0.717) is 0 Å². The van der Waals surface area contributed by atoms with Crippen LogP contribution in [-0.4, -0.2) is 0 Å². The molecule has 0 aliphatic carbocycles. The Morgan fingerprint density at radius 3 is 1.59 bits per heavy atom. The molecule has 2 heteroatoms. The zero-order valence-electron chi connectivity index (χ0n) is 29.1. The van der Waals surface area contributed by atoms with Crippen molar-refractivity contribution in [2.75, 3.05) is 0 Å². The third kappa shape index (κ3) is 4.36. The van der Waals surface area contributed by atoms with Gasteiger partial charge in [0.2, 0.25) is 0 Å². The Morgan fingerprint density at radius 1 is 0.278 bits per heavy atom. The van der Waals surface area contributed by atoms with E-state index in [-0.39, 0.29) is 0 Å². The van der Waals surface area contributed by atoms with Crippen molar-refractivity contribution in [3.63, 3.8) is 0 Å². The van der Waals surface area contributed by atoms with Gasteiger partial charge in [-0.15, -0.1) is 22.7 Å². The Balaban J connectivity index is 1.14. The maximum absolute atomic E-state index is 2.48. The second kappa shape index (κ2) is 11.6. The largest absolute Gasteiger partial charge is 0.135 e. The van der Waals surface area contributed by atoms with Gasteiger partial charge >= 0.3 is 0 Å². The summed E-state index contributed by atoms with van der Waals surface area (Å²) in [5.74, 6) is 0. The molecule has 0 unspecified atom stereocenters. The molecular weight excluding hydrogens is 689 g/mol. The molecule has 0 saturated heterocycles. The maximum atomic E-state index is 2.48. The Morgan fingerprint density at radius 2 is 0.852 bits per heavy atom. The van der Waals surface area contributed by atoms with Crippen molar-refractivity contribution >= 4 is 106 Å². The predicted octanol–water partition coefficient (Wildman–Crippen LogP) is 16.0. The quantitative estimate of drug-likeness (QED) is 0.160. The molecule has 2 aromatic heterocycles. The molecule has 0 amide bonds. The summed E-state index contributed by atoms with van der Waals surface area (Å²) in [6, 6.07) is 67.8. The molecule has 0 aliphatic heterocycles. The van der Waals surface area contributed by atoms with E-state index in [2.05, 4.69) is 182 Å². The number of rotatable bonds is 3. The zero-order valence-corrected chi connectivity index (χ0v) is 30.8. The van der Waals surface area contributed by atoms with Gasteiger partial charge in [0.1, 0.15) is 0 Å². The molecule has 2 heterocycles. The predicted molar refractivity (Wildman–Crippen MR) is 239 cm³/mol. The summed E-state index contributed by atoms with van der Waals surface area (Å²) >= 11 is 3.86. The molecule has 0 radical (unpaired) electrons. The monoisotopic (exact) mass is 718 g/mol. The van der Waals surface area contributed by atoms with Crippen LogP contribution in [0.2, 0.25) is 0 Å². The molecule has 0 aliphatic rings. The Kier molecular flexibility index (Phi) is 6.48. The summed E-state index contributed by atoms with van der Waals surface area (Å²) in [7, 11) is 0. The topological polar surface area (TPSA) is 0 Å². The van der Waals surface area contributed by atoms with Gasteiger partial charge in [-0.2, -0.15) is 0 Å². The first-order valence-corrected chi connectivity index (χ1v) is 20.1. The smallest absolute Gasteiger partial charge is 0.0455 e. The van der Waals surface area contributed by atoms with Gasteiger partial charge in [-0.1, -0.05) is 152 Å². The second-order valence-corrected chi connectivity index (χ2v) is 16.5. The average molecular weight is 719 g/mol. The van der Waals surface area contributed by atoms with Crippen LogP contribution in [0, 0.1) is 0 Å². The van der Waals surface area contributed by atoms with Gasteiger partial charge in [-0.25, -0.2) is 0 Å². The van der Waals surface area contributed by atoms with E-state index in [1.54, 1.807) is 0 Å². The summed E-state index contributed by atoms with van der Waals surface area (Å²) in [6.07, 6.45) is 0. The van der Waals surface area contributed by atoms with Crippen LogP contribution in [0.15, 0.2) is 182 Å². The lowest BCUT2D eigenvalue weighted by Gasteiger charge is -2.18. The van der Waals surface area contributed by atoms with Gasteiger partial charge < -0.3 is 0 Å². The van der Waals surface area contributed by atoms with E-state index < -0.39 is 0 Å². The molecule has 250 valence electrons. The summed E-state index contributed by atoms with van der Waals surface area (Å²) in [6.45, 7) is 0. The van der Waals surface area contributed by atoms with Gasteiger partial charge in [0.25, 0.3) is 0 Å². The minimum Gasteiger partial charge on any atom is -0.135 e. The lowest BCUT2D eigenvalue weighted by Crippen LogP contribution is -1.91. The lowest BCUT2D eigenvalue weighted by atomic mass is 9.85. The van der Waals surface area contributed by atoms with Crippen molar-refractivity contribution in [1.29, 1.82) is 0 Å². The van der Waals surface area contributed by atoms with E-state index in [9.17, 15) is 0 Å². The van der Waals surface area contributed by atoms with Crippen molar-refractivity contribution in [1.82, 2.24) is 0 Å². The molecule has 12 aromatic rings. The summed E-state index contributed by atoms with van der Waals surface area (Å²) in [4.78, 5) is 0. The first-order valence-electron chi connectivity index (χ1n) is 18.5. The Labute approximate surface area is 319 Å². The fourth-order valence-electron chi connectivity index (χ4n) is 9.07. The molecule has 0 atom stereocenters. The molecule has 0 saturated carbocycles. The van der Waals surface area contributed by atoms with Crippen LogP contribution in [-0.2, 0) is 0 Å². The third-order valence-electron chi connectivity index (χ3n) is 11.4. The van der Waals surface area contributed by atoms with Crippen LogP contribution in [0.25, 0.3) is 117 Å². The highest BCUT2D eigenvalue weighted by Crippen LogP contribution is 2.51. The Bertz CT molecular complexity index is 3450.